The number of rotatable bonds is 6. The molecule has 1 aliphatic carbocycles. The summed E-state index contributed by atoms with van der Waals surface area (Å²) >= 11 is 0. The molecule has 3 amide bonds. The van der Waals surface area contributed by atoms with E-state index >= 15 is 0 Å². The molecular weight excluding hydrogens is 463 g/mol. The zero-order chi connectivity index (χ0) is 25.5. The highest BCUT2D eigenvalue weighted by Gasteiger charge is 2.56. The maximum absolute atomic E-state index is 13.8. The molecule has 1 aromatic carbocycles. The highest BCUT2D eigenvalue weighted by molar-refractivity contribution is 6.72. The molecule has 0 spiro atoms. The summed E-state index contributed by atoms with van der Waals surface area (Å²) in [5, 5.41) is 11.4. The quantitative estimate of drug-likeness (QED) is 0.419. The molecule has 1 saturated heterocycles. The number of urea groups is 1. The minimum absolute atomic E-state index is 0.212. The van der Waals surface area contributed by atoms with E-state index in [-0.39, 0.29) is 12.1 Å². The van der Waals surface area contributed by atoms with E-state index in [2.05, 4.69) is 5.32 Å². The second-order valence-electron chi connectivity index (χ2n) is 9.98. The number of carbonyl (C=O) groups is 2. The minimum atomic E-state index is -4.82. The first kappa shape index (κ1) is 25.7. The number of hydrogen-bond donors (Lipinski definition) is 2. The number of allylic oxidation sites excluding steroid dienone is 3. The fourth-order valence-corrected chi connectivity index (χ4v) is 4.93. The first-order valence-corrected chi connectivity index (χ1v) is 13.9. The van der Waals surface area contributed by atoms with Gasteiger partial charge in [-0.25, -0.2) is 9.69 Å². The van der Waals surface area contributed by atoms with Gasteiger partial charge in [-0.3, -0.25) is 4.79 Å². The summed E-state index contributed by atoms with van der Waals surface area (Å²) in [5.74, 6) is -1.05. The van der Waals surface area contributed by atoms with Gasteiger partial charge in [0.25, 0.3) is 5.91 Å². The SMILES string of the molecule is CC(C)(CC[C@@]1(C2C=CC=CC2)NC(=O)N(c2ccc(C#N)c(C(F)(F)F)c2)C1=O)[Si](C)(C)O. The van der Waals surface area contributed by atoms with E-state index in [9.17, 15) is 27.6 Å². The Morgan fingerprint density at radius 1 is 1.26 bits per heavy atom. The number of hydrogen-bond acceptors (Lipinski definition) is 4. The van der Waals surface area contributed by atoms with Gasteiger partial charge in [0.2, 0.25) is 0 Å². The number of nitriles is 1. The molecule has 1 aliphatic heterocycles. The predicted molar refractivity (Wildman–Crippen MR) is 124 cm³/mol. The predicted octanol–water partition coefficient (Wildman–Crippen LogP) is 5.26. The summed E-state index contributed by atoms with van der Waals surface area (Å²) in [5.41, 5.74) is -3.42. The third kappa shape index (κ3) is 4.54. The van der Waals surface area contributed by atoms with Gasteiger partial charge in [0, 0.05) is 5.92 Å². The molecule has 0 bridgehead atoms. The van der Waals surface area contributed by atoms with Crippen LogP contribution in [0.5, 0.6) is 0 Å². The minimum Gasteiger partial charge on any atom is -0.432 e. The lowest BCUT2D eigenvalue weighted by Crippen LogP contribution is -2.54. The Labute approximate surface area is 197 Å². The molecule has 0 aromatic heterocycles. The molecule has 3 rings (SSSR count). The second-order valence-corrected chi connectivity index (χ2v) is 14.5. The lowest BCUT2D eigenvalue weighted by atomic mass is 9.75. The summed E-state index contributed by atoms with van der Waals surface area (Å²) in [7, 11) is -2.62. The average molecular weight is 492 g/mol. The molecule has 34 heavy (non-hydrogen) atoms. The van der Waals surface area contributed by atoms with Crippen molar-refractivity contribution in [2.45, 2.75) is 63.0 Å². The van der Waals surface area contributed by atoms with Crippen LogP contribution in [0.15, 0.2) is 42.5 Å². The van der Waals surface area contributed by atoms with Crippen LogP contribution in [0.25, 0.3) is 0 Å². The third-order valence-corrected chi connectivity index (χ3v) is 10.8. The summed E-state index contributed by atoms with van der Waals surface area (Å²) in [4.78, 5) is 38.3. The highest BCUT2D eigenvalue weighted by atomic mass is 28.4. The van der Waals surface area contributed by atoms with Gasteiger partial charge in [0.05, 0.1) is 22.9 Å². The lowest BCUT2D eigenvalue weighted by molar-refractivity contribution is -0.137. The van der Waals surface area contributed by atoms with Crippen LogP contribution >= 0.6 is 0 Å². The zero-order valence-electron chi connectivity index (χ0n) is 19.5. The largest absolute Gasteiger partial charge is 0.432 e. The standard InChI is InChI=1S/C24H28F3N3O3Si/c1-22(2,34(3,4)33)12-13-23(17-8-6-5-7-9-17)20(31)30(21(32)29-23)18-11-10-16(15-28)19(14-18)24(25,26)27/h5-8,10-11,14,17,33H,9,12-13H2,1-4H3,(H,29,32)/t17?,23-/m0/s1. The van der Waals surface area contributed by atoms with Gasteiger partial charge >= 0.3 is 12.2 Å². The molecule has 1 unspecified atom stereocenters. The van der Waals surface area contributed by atoms with Crippen LogP contribution in [0.3, 0.4) is 0 Å². The fraction of sp³-hybridized carbons (Fsp3) is 0.458. The molecule has 10 heteroatoms. The van der Waals surface area contributed by atoms with Crippen LogP contribution in [0, 0.1) is 17.2 Å². The highest BCUT2D eigenvalue weighted by Crippen LogP contribution is 2.46. The number of nitrogens with zero attached hydrogens (tertiary/aromatic N) is 2. The van der Waals surface area contributed by atoms with E-state index in [1.165, 1.54) is 12.1 Å². The van der Waals surface area contributed by atoms with Crippen molar-refractivity contribution in [1.82, 2.24) is 5.32 Å². The number of nitrogens with one attached hydrogen (secondary N) is 1. The molecular formula is C24H28F3N3O3Si. The van der Waals surface area contributed by atoms with E-state index in [0.29, 0.717) is 18.9 Å². The Morgan fingerprint density at radius 3 is 2.47 bits per heavy atom. The smallest absolute Gasteiger partial charge is 0.417 e. The molecule has 1 aromatic rings. The molecule has 2 N–H and O–H groups in total. The van der Waals surface area contributed by atoms with Crippen molar-refractivity contribution in [3.8, 4) is 6.07 Å². The Kier molecular flexibility index (Phi) is 6.59. The van der Waals surface area contributed by atoms with E-state index in [1.54, 1.807) is 19.2 Å². The molecule has 2 aliphatic rings. The van der Waals surface area contributed by atoms with Crippen molar-refractivity contribution in [3.63, 3.8) is 0 Å². The Balaban J connectivity index is 2.05. The molecule has 6 nitrogen and oxygen atoms in total. The molecule has 1 heterocycles. The van der Waals surface area contributed by atoms with Crippen LogP contribution < -0.4 is 10.2 Å². The van der Waals surface area contributed by atoms with Gasteiger partial charge in [0.15, 0.2) is 8.32 Å². The van der Waals surface area contributed by atoms with Gasteiger partial charge in [-0.2, -0.15) is 18.4 Å². The van der Waals surface area contributed by atoms with Crippen LogP contribution in [-0.4, -0.2) is 30.6 Å². The molecule has 182 valence electrons. The summed E-state index contributed by atoms with van der Waals surface area (Å²) in [6, 6.07) is 3.48. The molecule has 1 fully saturated rings. The van der Waals surface area contributed by atoms with Crippen LogP contribution in [0.4, 0.5) is 23.7 Å². The van der Waals surface area contributed by atoms with Crippen molar-refractivity contribution in [3.05, 3.63) is 53.6 Å². The maximum Gasteiger partial charge on any atom is 0.417 e. The number of halogens is 3. The topological polar surface area (TPSA) is 93.4 Å². The van der Waals surface area contributed by atoms with E-state index in [4.69, 9.17) is 5.26 Å². The lowest BCUT2D eigenvalue weighted by Gasteiger charge is -2.40. The van der Waals surface area contributed by atoms with E-state index < -0.39 is 54.1 Å². The Hall–Kier alpha value is -2.90. The van der Waals surface area contributed by atoms with Gasteiger partial charge in [-0.05, 0) is 55.6 Å². The number of amides is 3. The van der Waals surface area contributed by atoms with Crippen LogP contribution in [0.2, 0.25) is 18.1 Å². The normalized spacial score (nSPS) is 23.3. The summed E-state index contributed by atoms with van der Waals surface area (Å²) in [6.45, 7) is 7.44. The van der Waals surface area contributed by atoms with Crippen LogP contribution in [0.1, 0.15) is 44.2 Å². The fourth-order valence-electron chi connectivity index (χ4n) is 4.20. The number of carbonyl (C=O) groups excluding carboxylic acids is 2. The van der Waals surface area contributed by atoms with Crippen molar-refractivity contribution in [2.24, 2.45) is 5.92 Å². The molecule has 2 atom stereocenters. The number of alkyl halides is 3. The van der Waals surface area contributed by atoms with Crippen molar-refractivity contribution in [2.75, 3.05) is 4.90 Å². The Morgan fingerprint density at radius 2 is 1.94 bits per heavy atom. The molecule has 0 saturated carbocycles. The maximum atomic E-state index is 13.8. The van der Waals surface area contributed by atoms with E-state index in [1.807, 2.05) is 32.1 Å². The number of imide groups is 1. The van der Waals surface area contributed by atoms with Crippen molar-refractivity contribution >= 4 is 25.9 Å². The van der Waals surface area contributed by atoms with Crippen molar-refractivity contribution in [1.29, 1.82) is 5.26 Å². The van der Waals surface area contributed by atoms with E-state index in [0.717, 1.165) is 11.0 Å². The molecule has 0 radical (unpaired) electrons. The summed E-state index contributed by atoms with van der Waals surface area (Å²) in [6.07, 6.45) is 3.57. The third-order valence-electron chi connectivity index (χ3n) is 7.22. The van der Waals surface area contributed by atoms with Gasteiger partial charge in [0.1, 0.15) is 5.54 Å². The Bertz CT molecular complexity index is 1100. The first-order valence-electron chi connectivity index (χ1n) is 11.0. The average Bonchev–Trinajstić information content (AvgIpc) is 3.01. The van der Waals surface area contributed by atoms with Gasteiger partial charge in [-0.1, -0.05) is 38.2 Å². The monoisotopic (exact) mass is 491 g/mol. The summed E-state index contributed by atoms with van der Waals surface area (Å²) < 4.78 is 40.5. The number of anilines is 1. The first-order chi connectivity index (χ1) is 15.6. The van der Waals surface area contributed by atoms with Crippen molar-refractivity contribution < 1.29 is 27.6 Å². The second kappa shape index (κ2) is 8.71. The number of benzene rings is 1. The van der Waals surface area contributed by atoms with Gasteiger partial charge < -0.3 is 10.1 Å². The van der Waals surface area contributed by atoms with Crippen LogP contribution in [-0.2, 0) is 11.0 Å². The zero-order valence-corrected chi connectivity index (χ0v) is 20.5. The van der Waals surface area contributed by atoms with Gasteiger partial charge in [-0.15, -0.1) is 0 Å².